The molecule has 0 spiro atoms. The average Bonchev–Trinajstić information content (AvgIpc) is 3.51. The molecule has 1 unspecified atom stereocenters. The van der Waals surface area contributed by atoms with Crippen LogP contribution in [0.2, 0.25) is 0 Å². The van der Waals surface area contributed by atoms with E-state index >= 15 is 0 Å². The van der Waals surface area contributed by atoms with Gasteiger partial charge in [-0.25, -0.2) is 4.98 Å². The van der Waals surface area contributed by atoms with E-state index in [1.165, 1.54) is 25.4 Å². The van der Waals surface area contributed by atoms with E-state index in [4.69, 9.17) is 9.47 Å². The van der Waals surface area contributed by atoms with Crippen LogP contribution in [0.4, 0.5) is 0 Å². The van der Waals surface area contributed by atoms with Gasteiger partial charge in [0.2, 0.25) is 11.8 Å². The van der Waals surface area contributed by atoms with E-state index in [1.807, 2.05) is 39.6 Å². The number of ether oxygens (including phenoxy) is 2. The Bertz CT molecular complexity index is 1210. The van der Waals surface area contributed by atoms with E-state index in [0.29, 0.717) is 30.7 Å². The van der Waals surface area contributed by atoms with Gasteiger partial charge in [0, 0.05) is 37.9 Å². The lowest BCUT2D eigenvalue weighted by Gasteiger charge is -2.37. The van der Waals surface area contributed by atoms with Crippen LogP contribution in [0.3, 0.4) is 0 Å². The minimum atomic E-state index is -0.773. The molecular weight excluding hydrogens is 610 g/mol. The van der Waals surface area contributed by atoms with Gasteiger partial charge in [-0.3, -0.25) is 28.9 Å². The normalized spacial score (nSPS) is 22.4. The number of nitrogens with zero attached hydrogens (tertiary/aromatic N) is 3. The summed E-state index contributed by atoms with van der Waals surface area (Å²) in [7, 11) is 5.05. The lowest BCUT2D eigenvalue weighted by molar-refractivity contribution is -0.149. The average molecular weight is 664 g/mol. The van der Waals surface area contributed by atoms with Gasteiger partial charge in [0.1, 0.15) is 16.7 Å². The highest BCUT2D eigenvalue weighted by Crippen LogP contribution is 2.31. The molecule has 2 N–H and O–H groups in total. The molecule has 1 saturated carbocycles. The van der Waals surface area contributed by atoms with Crippen molar-refractivity contribution in [2.24, 2.45) is 17.8 Å². The van der Waals surface area contributed by atoms with Crippen molar-refractivity contribution < 1.29 is 33.4 Å². The molecule has 1 saturated heterocycles. The molecule has 0 bridgehead atoms. The number of hydrogen-bond donors (Lipinski definition) is 2. The summed E-state index contributed by atoms with van der Waals surface area (Å²) < 4.78 is 10.6. The third kappa shape index (κ3) is 9.97. The van der Waals surface area contributed by atoms with Crippen LogP contribution >= 0.6 is 11.3 Å². The molecule has 1 aromatic heterocycles. The number of amides is 3. The van der Waals surface area contributed by atoms with Gasteiger partial charge in [0.25, 0.3) is 5.91 Å². The first-order valence-corrected chi connectivity index (χ1v) is 17.4. The smallest absolute Gasteiger partial charge is 0.308 e. The lowest BCUT2D eigenvalue weighted by Crippen LogP contribution is -2.57. The predicted octanol–water partition coefficient (Wildman–Crippen LogP) is 3.71. The Morgan fingerprint density at radius 1 is 1.04 bits per heavy atom. The van der Waals surface area contributed by atoms with Crippen molar-refractivity contribution in [2.75, 3.05) is 27.7 Å². The molecule has 1 aliphatic carbocycles. The molecule has 1 aromatic rings. The molecule has 2 fully saturated rings. The number of aromatic nitrogens is 1. The first kappa shape index (κ1) is 37.4. The van der Waals surface area contributed by atoms with E-state index in [0.717, 1.165) is 25.8 Å². The maximum absolute atomic E-state index is 13.9. The molecule has 0 aromatic carbocycles. The van der Waals surface area contributed by atoms with Gasteiger partial charge in [0.15, 0.2) is 6.10 Å². The third-order valence-electron chi connectivity index (χ3n) is 9.31. The second-order valence-corrected chi connectivity index (χ2v) is 14.3. The van der Waals surface area contributed by atoms with Gasteiger partial charge in [-0.15, -0.1) is 11.3 Å². The molecule has 2 heterocycles. The standard InChI is InChI=1S/C33H53N5O7S/c1-19(2)26(38(7)32(42)28(20(3)4)36-30(41)25-11-9-10-16-37(25)6)17-27(45-21(5)39)31-35-24(18-46-31)29(40)34-23-14-12-22(13-15-23)33(43)44-8/h18-20,22-23,25-28H,9-17H2,1-8H3,(H,34,40)(H,36,41)/t22-,23-,25?,26-,27-,28+/m1/s1. The summed E-state index contributed by atoms with van der Waals surface area (Å²) >= 11 is 1.23. The molecule has 2 aliphatic rings. The predicted molar refractivity (Wildman–Crippen MR) is 175 cm³/mol. The van der Waals surface area contributed by atoms with Crippen molar-refractivity contribution in [3.8, 4) is 0 Å². The number of esters is 2. The summed E-state index contributed by atoms with van der Waals surface area (Å²) in [6, 6.07) is -1.38. The van der Waals surface area contributed by atoms with Crippen LogP contribution in [-0.4, -0.2) is 96.4 Å². The fourth-order valence-electron chi connectivity index (χ4n) is 6.49. The van der Waals surface area contributed by atoms with Crippen molar-refractivity contribution in [2.45, 2.75) is 116 Å². The number of rotatable bonds is 13. The Morgan fingerprint density at radius 2 is 1.72 bits per heavy atom. The summed E-state index contributed by atoms with van der Waals surface area (Å²) in [6.45, 7) is 10.00. The second-order valence-electron chi connectivity index (χ2n) is 13.4. The van der Waals surface area contributed by atoms with E-state index in [2.05, 4.69) is 15.6 Å². The summed E-state index contributed by atoms with van der Waals surface area (Å²) in [4.78, 5) is 72.5. The van der Waals surface area contributed by atoms with E-state index < -0.39 is 18.1 Å². The van der Waals surface area contributed by atoms with Crippen molar-refractivity contribution in [1.82, 2.24) is 25.4 Å². The molecule has 1 aliphatic heterocycles. The van der Waals surface area contributed by atoms with E-state index in [1.54, 1.807) is 17.3 Å². The first-order chi connectivity index (χ1) is 21.7. The van der Waals surface area contributed by atoms with Crippen molar-refractivity contribution >= 4 is 41.0 Å². The van der Waals surface area contributed by atoms with Crippen LogP contribution in [-0.2, 0) is 28.7 Å². The summed E-state index contributed by atoms with van der Waals surface area (Å²) in [5, 5.41) is 8.16. The highest BCUT2D eigenvalue weighted by atomic mass is 32.1. The fraction of sp³-hybridized carbons (Fsp3) is 0.758. The Morgan fingerprint density at radius 3 is 2.28 bits per heavy atom. The topological polar surface area (TPSA) is 147 Å². The highest BCUT2D eigenvalue weighted by Gasteiger charge is 2.37. The van der Waals surface area contributed by atoms with Crippen LogP contribution in [0, 0.1) is 17.8 Å². The number of likely N-dealkylation sites (N-methyl/N-ethyl adjacent to an activating group) is 2. The fourth-order valence-corrected chi connectivity index (χ4v) is 7.33. The minimum absolute atomic E-state index is 0.0113. The van der Waals surface area contributed by atoms with Crippen LogP contribution in [0.1, 0.15) is 108 Å². The van der Waals surface area contributed by atoms with Gasteiger partial charge in [-0.2, -0.15) is 0 Å². The zero-order chi connectivity index (χ0) is 34.1. The third-order valence-corrected chi connectivity index (χ3v) is 10.2. The zero-order valence-electron chi connectivity index (χ0n) is 28.7. The number of carbonyl (C=O) groups excluding carboxylic acids is 5. The quantitative estimate of drug-likeness (QED) is 0.302. The highest BCUT2D eigenvalue weighted by molar-refractivity contribution is 7.09. The first-order valence-electron chi connectivity index (χ1n) is 16.5. The molecule has 13 heteroatoms. The Hall–Kier alpha value is -3.06. The molecule has 12 nitrogen and oxygen atoms in total. The largest absolute Gasteiger partial charge is 0.469 e. The van der Waals surface area contributed by atoms with Crippen molar-refractivity contribution in [3.63, 3.8) is 0 Å². The second kappa shape index (κ2) is 17.2. The van der Waals surface area contributed by atoms with E-state index in [-0.39, 0.29) is 71.7 Å². The van der Waals surface area contributed by atoms with Crippen molar-refractivity contribution in [1.29, 1.82) is 0 Å². The number of likely N-dealkylation sites (tertiary alicyclic amines) is 1. The Kier molecular flexibility index (Phi) is 14.0. The summed E-state index contributed by atoms with van der Waals surface area (Å²) in [6.07, 6.45) is 4.94. The van der Waals surface area contributed by atoms with Gasteiger partial charge < -0.3 is 25.0 Å². The van der Waals surface area contributed by atoms with Crippen LogP contribution < -0.4 is 10.6 Å². The maximum Gasteiger partial charge on any atom is 0.308 e. The number of hydrogen-bond acceptors (Lipinski definition) is 10. The van der Waals surface area contributed by atoms with Crippen molar-refractivity contribution in [3.05, 3.63) is 16.1 Å². The number of methoxy groups -OCH3 is 1. The molecule has 3 amide bonds. The molecule has 3 rings (SSSR count). The molecular formula is C33H53N5O7S. The SMILES string of the molecule is COC(=O)[C@H]1CC[C@H](NC(=O)c2csc([C@@H](C[C@H](C(C)C)N(C)C(=O)[C@@H](NC(=O)C3CCCCN3C)C(C)C)OC(C)=O)n2)CC1. The molecule has 4 atom stereocenters. The van der Waals surface area contributed by atoms with Crippen LogP contribution in [0.25, 0.3) is 0 Å². The number of thiazole rings is 1. The number of carbonyl (C=O) groups is 5. The molecule has 46 heavy (non-hydrogen) atoms. The lowest BCUT2D eigenvalue weighted by atomic mass is 9.86. The molecule has 258 valence electrons. The monoisotopic (exact) mass is 663 g/mol. The van der Waals surface area contributed by atoms with Gasteiger partial charge in [-0.05, 0) is 64.0 Å². The van der Waals surface area contributed by atoms with Gasteiger partial charge in [0.05, 0.1) is 19.1 Å². The molecule has 0 radical (unpaired) electrons. The van der Waals surface area contributed by atoms with Crippen LogP contribution in [0.15, 0.2) is 5.38 Å². The number of nitrogens with one attached hydrogen (secondary N) is 2. The summed E-state index contributed by atoms with van der Waals surface area (Å²) in [5.74, 6) is -1.66. The Balaban J connectivity index is 1.71. The Labute approximate surface area is 277 Å². The minimum Gasteiger partial charge on any atom is -0.469 e. The van der Waals surface area contributed by atoms with Crippen LogP contribution in [0.5, 0.6) is 0 Å². The van der Waals surface area contributed by atoms with E-state index in [9.17, 15) is 24.0 Å². The van der Waals surface area contributed by atoms with Gasteiger partial charge >= 0.3 is 11.9 Å². The summed E-state index contributed by atoms with van der Waals surface area (Å²) in [5.41, 5.74) is 0.230. The number of piperidine rings is 1. The zero-order valence-corrected chi connectivity index (χ0v) is 29.5. The van der Waals surface area contributed by atoms with Gasteiger partial charge in [-0.1, -0.05) is 34.1 Å². The maximum atomic E-state index is 13.9.